The van der Waals surface area contributed by atoms with Gasteiger partial charge in [0, 0.05) is 7.05 Å². The molecule has 11 heavy (non-hydrogen) atoms. The van der Waals surface area contributed by atoms with Gasteiger partial charge in [-0.15, -0.1) is 0 Å². The van der Waals surface area contributed by atoms with E-state index < -0.39 is 18.4 Å². The van der Waals surface area contributed by atoms with E-state index in [-0.39, 0.29) is 6.54 Å². The second-order valence-electron chi connectivity index (χ2n) is 2.21. The van der Waals surface area contributed by atoms with Crippen molar-refractivity contribution in [2.24, 2.45) is 0 Å². The quantitative estimate of drug-likeness (QED) is 0.348. The highest BCUT2D eigenvalue weighted by atomic mass is 16.5. The fraction of sp³-hybridized carbons (Fsp3) is 0.600. The van der Waals surface area contributed by atoms with Crippen LogP contribution in [0.3, 0.4) is 0 Å². The lowest BCUT2D eigenvalue weighted by Gasteiger charge is -2.15. The number of rotatable bonds is 1. The van der Waals surface area contributed by atoms with Crippen molar-refractivity contribution < 1.29 is 19.8 Å². The monoisotopic (exact) mass is 160 g/mol. The molecule has 0 bridgehead atoms. The van der Waals surface area contributed by atoms with Gasteiger partial charge in [-0.05, 0) is 0 Å². The van der Waals surface area contributed by atoms with Gasteiger partial charge < -0.3 is 10.2 Å². The van der Waals surface area contributed by atoms with Gasteiger partial charge in [-0.1, -0.05) is 0 Å². The molecule has 1 aliphatic heterocycles. The first-order valence-corrected chi connectivity index (χ1v) is 2.97. The topological polar surface area (TPSA) is 81.1 Å². The number of carbonyl (C=O) groups is 2. The summed E-state index contributed by atoms with van der Waals surface area (Å²) in [7, 11) is 1.28. The van der Waals surface area contributed by atoms with E-state index in [1.54, 1.807) is 0 Å². The average Bonchev–Trinajstić information content (AvgIpc) is 2.17. The number of hydrogen-bond donors (Lipinski definition) is 2. The van der Waals surface area contributed by atoms with Crippen molar-refractivity contribution in [2.45, 2.75) is 6.41 Å². The van der Waals surface area contributed by atoms with Crippen molar-refractivity contribution in [3.05, 3.63) is 0 Å². The van der Waals surface area contributed by atoms with Crippen LogP contribution in [0.2, 0.25) is 0 Å². The number of likely N-dealkylation sites (N-methyl/N-ethyl adjacent to an activating group) is 1. The molecule has 2 N–H and O–H groups in total. The summed E-state index contributed by atoms with van der Waals surface area (Å²) in [4.78, 5) is 23.1. The Morgan fingerprint density at radius 2 is 2.00 bits per heavy atom. The molecule has 0 radical (unpaired) electrons. The molecule has 0 aromatic heterocycles. The summed E-state index contributed by atoms with van der Waals surface area (Å²) in [6.07, 6.45) is -1.89. The number of hydrogen-bond acceptors (Lipinski definition) is 4. The van der Waals surface area contributed by atoms with Gasteiger partial charge in [0.25, 0.3) is 0 Å². The maximum Gasteiger partial charge on any atom is 0.330 e. The molecule has 6 nitrogen and oxygen atoms in total. The summed E-state index contributed by atoms with van der Waals surface area (Å²) in [5.74, 6) is -0.442. The zero-order valence-corrected chi connectivity index (χ0v) is 5.89. The van der Waals surface area contributed by atoms with Gasteiger partial charge in [0.15, 0.2) is 0 Å². The Kier molecular flexibility index (Phi) is 1.79. The molecular weight excluding hydrogens is 152 g/mol. The molecule has 1 heterocycles. The van der Waals surface area contributed by atoms with Gasteiger partial charge in [0.1, 0.15) is 6.54 Å². The van der Waals surface area contributed by atoms with Crippen LogP contribution in [0.1, 0.15) is 0 Å². The molecule has 1 fully saturated rings. The first-order chi connectivity index (χ1) is 5.04. The normalized spacial score (nSPS) is 18.9. The Morgan fingerprint density at radius 1 is 1.45 bits per heavy atom. The smallest absolute Gasteiger partial charge is 0.330 e. The maximum absolute atomic E-state index is 10.9. The Morgan fingerprint density at radius 3 is 2.18 bits per heavy atom. The van der Waals surface area contributed by atoms with Crippen molar-refractivity contribution >= 4 is 11.9 Å². The van der Waals surface area contributed by atoms with Crippen LogP contribution in [0, 0.1) is 0 Å². The standard InChI is InChI=1S/C5H8N2O4/c1-6-3(8)2-7(4(6)9)5(10)11/h5,10-11H,2H2,1H3. The molecule has 1 rings (SSSR count). The number of nitrogens with zero attached hydrogens (tertiary/aromatic N) is 2. The van der Waals surface area contributed by atoms with E-state index in [4.69, 9.17) is 10.2 Å². The van der Waals surface area contributed by atoms with Gasteiger partial charge in [0.05, 0.1) is 0 Å². The van der Waals surface area contributed by atoms with E-state index in [0.29, 0.717) is 4.90 Å². The minimum Gasteiger partial charge on any atom is -0.351 e. The Balaban J connectivity index is 2.75. The lowest BCUT2D eigenvalue weighted by Crippen LogP contribution is -2.37. The van der Waals surface area contributed by atoms with E-state index in [2.05, 4.69) is 0 Å². The summed E-state index contributed by atoms with van der Waals surface area (Å²) >= 11 is 0. The number of aliphatic hydroxyl groups is 2. The van der Waals surface area contributed by atoms with Crippen molar-refractivity contribution in [1.29, 1.82) is 0 Å². The van der Waals surface area contributed by atoms with Gasteiger partial charge in [0.2, 0.25) is 12.3 Å². The summed E-state index contributed by atoms with van der Waals surface area (Å²) in [6.45, 7) is -0.271. The average molecular weight is 160 g/mol. The molecule has 1 saturated heterocycles. The van der Waals surface area contributed by atoms with E-state index in [1.807, 2.05) is 0 Å². The van der Waals surface area contributed by atoms with Gasteiger partial charge in [-0.2, -0.15) is 0 Å². The van der Waals surface area contributed by atoms with Crippen molar-refractivity contribution in [2.75, 3.05) is 13.6 Å². The van der Waals surface area contributed by atoms with Crippen LogP contribution in [0.4, 0.5) is 4.79 Å². The predicted molar refractivity (Wildman–Crippen MR) is 33.1 cm³/mol. The second-order valence-corrected chi connectivity index (χ2v) is 2.21. The molecule has 6 heteroatoms. The van der Waals surface area contributed by atoms with E-state index in [1.165, 1.54) is 7.05 Å². The molecular formula is C5H8N2O4. The largest absolute Gasteiger partial charge is 0.351 e. The fourth-order valence-electron chi connectivity index (χ4n) is 0.799. The predicted octanol–water partition coefficient (Wildman–Crippen LogP) is -1.85. The molecule has 0 aromatic carbocycles. The number of urea groups is 1. The first kappa shape index (κ1) is 7.96. The third-order valence-corrected chi connectivity index (χ3v) is 1.49. The highest BCUT2D eigenvalue weighted by Crippen LogP contribution is 2.08. The van der Waals surface area contributed by atoms with Crippen LogP contribution in [0.5, 0.6) is 0 Å². The number of carbonyl (C=O) groups excluding carboxylic acids is 2. The first-order valence-electron chi connectivity index (χ1n) is 2.97. The lowest BCUT2D eigenvalue weighted by molar-refractivity contribution is -0.136. The van der Waals surface area contributed by atoms with E-state index in [9.17, 15) is 9.59 Å². The van der Waals surface area contributed by atoms with Crippen LogP contribution in [0.15, 0.2) is 0 Å². The summed E-state index contributed by atoms with van der Waals surface area (Å²) in [5.41, 5.74) is 0. The molecule has 0 atom stereocenters. The zero-order valence-electron chi connectivity index (χ0n) is 5.89. The molecule has 0 spiro atoms. The van der Waals surface area contributed by atoms with Crippen LogP contribution < -0.4 is 0 Å². The molecule has 0 saturated carbocycles. The SMILES string of the molecule is CN1C(=O)CN(C(O)O)C1=O. The van der Waals surface area contributed by atoms with Crippen LogP contribution in [-0.2, 0) is 4.79 Å². The second kappa shape index (κ2) is 2.48. The Bertz CT molecular complexity index is 203. The third-order valence-electron chi connectivity index (χ3n) is 1.49. The molecule has 62 valence electrons. The van der Waals surface area contributed by atoms with E-state index in [0.717, 1.165) is 4.90 Å². The van der Waals surface area contributed by atoms with E-state index >= 15 is 0 Å². The number of aliphatic hydroxyl groups excluding tert-OH is 1. The Hall–Kier alpha value is -1.14. The Labute approximate surface area is 62.6 Å². The molecule has 0 unspecified atom stereocenters. The molecule has 1 aliphatic rings. The minimum absolute atomic E-state index is 0.271. The zero-order chi connectivity index (χ0) is 8.59. The summed E-state index contributed by atoms with van der Waals surface area (Å²) < 4.78 is 0. The summed E-state index contributed by atoms with van der Waals surface area (Å²) in [5, 5.41) is 17.1. The van der Waals surface area contributed by atoms with Gasteiger partial charge >= 0.3 is 6.03 Å². The lowest BCUT2D eigenvalue weighted by atomic mass is 10.6. The van der Waals surface area contributed by atoms with Gasteiger partial charge in [-0.3, -0.25) is 14.6 Å². The van der Waals surface area contributed by atoms with Crippen LogP contribution in [-0.4, -0.2) is 52.0 Å². The molecule has 0 aromatic rings. The third kappa shape index (κ3) is 1.17. The minimum atomic E-state index is -1.89. The number of imide groups is 1. The maximum atomic E-state index is 10.9. The summed E-state index contributed by atoms with van der Waals surface area (Å²) in [6, 6.07) is -0.690. The fourth-order valence-corrected chi connectivity index (χ4v) is 0.799. The highest BCUT2D eigenvalue weighted by Gasteiger charge is 2.36. The molecule has 0 aliphatic carbocycles. The molecule has 3 amide bonds. The van der Waals surface area contributed by atoms with Crippen LogP contribution in [0.25, 0.3) is 0 Å². The van der Waals surface area contributed by atoms with Crippen molar-refractivity contribution in [3.8, 4) is 0 Å². The van der Waals surface area contributed by atoms with Crippen molar-refractivity contribution in [1.82, 2.24) is 9.80 Å². The number of amides is 3. The highest BCUT2D eigenvalue weighted by molar-refractivity contribution is 6.01. The van der Waals surface area contributed by atoms with Crippen LogP contribution >= 0.6 is 0 Å². The van der Waals surface area contributed by atoms with Crippen molar-refractivity contribution in [3.63, 3.8) is 0 Å². The van der Waals surface area contributed by atoms with Gasteiger partial charge in [-0.25, -0.2) is 4.79 Å².